The molecule has 138 valence electrons. The van der Waals surface area contributed by atoms with Gasteiger partial charge in [0.1, 0.15) is 23.6 Å². The van der Waals surface area contributed by atoms with Crippen LogP contribution in [-0.4, -0.2) is 45.5 Å². The van der Waals surface area contributed by atoms with Crippen LogP contribution in [-0.2, 0) is 9.59 Å². The van der Waals surface area contributed by atoms with E-state index in [9.17, 15) is 30.0 Å². The van der Waals surface area contributed by atoms with Gasteiger partial charge in [-0.05, 0) is 12.1 Å². The van der Waals surface area contributed by atoms with E-state index >= 15 is 0 Å². The summed E-state index contributed by atoms with van der Waals surface area (Å²) in [6, 6.07) is 9.91. The number of carbonyl (C=O) groups is 2. The molecule has 0 aromatic heterocycles. The molecule has 0 saturated carbocycles. The van der Waals surface area contributed by atoms with Gasteiger partial charge in [-0.25, -0.2) is 0 Å². The van der Waals surface area contributed by atoms with Gasteiger partial charge in [0.2, 0.25) is 0 Å². The van der Waals surface area contributed by atoms with Crippen molar-refractivity contribution >= 4 is 11.9 Å². The van der Waals surface area contributed by atoms with Crippen molar-refractivity contribution in [1.29, 1.82) is 0 Å². The fourth-order valence-electron chi connectivity index (χ4n) is 2.56. The second-order valence-corrected chi connectivity index (χ2v) is 5.57. The molecule has 0 amide bonds. The van der Waals surface area contributed by atoms with Crippen LogP contribution in [0.4, 0.5) is 0 Å². The minimum absolute atomic E-state index is 0. The quantitative estimate of drug-likeness (QED) is 0.221. The third kappa shape index (κ3) is 6.23. The van der Waals surface area contributed by atoms with Crippen molar-refractivity contribution in [2.24, 2.45) is 0 Å². The first-order chi connectivity index (χ1) is 12.4. The van der Waals surface area contributed by atoms with Gasteiger partial charge in [0, 0.05) is 24.2 Å². The second-order valence-electron chi connectivity index (χ2n) is 5.57. The second kappa shape index (κ2) is 10.9. The smallest absolute Gasteiger partial charge is 0.508 e. The maximum atomic E-state index is 11.4. The van der Waals surface area contributed by atoms with Crippen molar-refractivity contribution < 1.29 is 59.6 Å². The van der Waals surface area contributed by atoms with Gasteiger partial charge in [0.15, 0.2) is 0 Å². The van der Waals surface area contributed by atoms with Crippen LogP contribution >= 0.6 is 0 Å². The third-order valence-corrected chi connectivity index (χ3v) is 3.81. The van der Waals surface area contributed by atoms with E-state index in [1.165, 1.54) is 24.3 Å². The molecule has 0 aliphatic heterocycles. The Balaban J connectivity index is 0.00000364. The van der Waals surface area contributed by atoms with Crippen LogP contribution < -0.4 is 40.2 Å². The van der Waals surface area contributed by atoms with E-state index in [-0.39, 0.29) is 65.3 Å². The van der Waals surface area contributed by atoms with Crippen molar-refractivity contribution in [3.05, 3.63) is 59.7 Å². The Morgan fingerprint density at radius 2 is 1.07 bits per heavy atom. The number of nitrogens with one attached hydrogen (secondary N) is 2. The fourth-order valence-corrected chi connectivity index (χ4v) is 2.56. The average Bonchev–Trinajstić information content (AvgIpc) is 2.59. The molecule has 0 spiro atoms. The molecule has 9 heteroatoms. The van der Waals surface area contributed by atoms with E-state index in [4.69, 9.17) is 0 Å². The van der Waals surface area contributed by atoms with Crippen LogP contribution in [0.2, 0.25) is 0 Å². The number of carboxylic acids is 2. The molecule has 2 aromatic rings. The molecule has 6 N–H and O–H groups in total. The number of benzene rings is 2. The van der Waals surface area contributed by atoms with Gasteiger partial charge in [-0.3, -0.25) is 20.2 Å². The fraction of sp³-hybridized carbons (Fsp3) is 0.222. The molecule has 8 nitrogen and oxygen atoms in total. The minimum atomic E-state index is -1.16. The monoisotopic (exact) mass is 383 g/mol. The predicted molar refractivity (Wildman–Crippen MR) is 93.0 cm³/mol. The number of carboxylic acid groups (broad SMARTS) is 2. The number of rotatable bonds is 9. The van der Waals surface area contributed by atoms with Crippen LogP contribution in [0.15, 0.2) is 48.5 Å². The predicted octanol–water partition coefficient (Wildman–Crippen LogP) is -1.77. The van der Waals surface area contributed by atoms with Gasteiger partial charge in [0.25, 0.3) is 0 Å². The van der Waals surface area contributed by atoms with Crippen LogP contribution in [0, 0.1) is 0 Å². The molecule has 0 fully saturated rings. The summed E-state index contributed by atoms with van der Waals surface area (Å²) < 4.78 is 0. The number of aliphatic carboxylic acids is 2. The van der Waals surface area contributed by atoms with Crippen LogP contribution in [0.25, 0.3) is 0 Å². The first kappa shape index (κ1) is 22.9. The first-order valence-corrected chi connectivity index (χ1v) is 7.90. The summed E-state index contributed by atoms with van der Waals surface area (Å²) in [5, 5.41) is 43.8. The molecule has 0 radical (unpaired) electrons. The van der Waals surface area contributed by atoms with Crippen molar-refractivity contribution in [2.45, 2.75) is 12.1 Å². The van der Waals surface area contributed by atoms with Crippen LogP contribution in [0.5, 0.6) is 11.5 Å². The molecule has 0 aliphatic rings. The Morgan fingerprint density at radius 3 is 1.37 bits per heavy atom. The molecule has 0 bridgehead atoms. The Bertz CT molecular complexity index is 720. The molecule has 0 saturated heterocycles. The third-order valence-electron chi connectivity index (χ3n) is 3.81. The molecule has 2 atom stereocenters. The van der Waals surface area contributed by atoms with Crippen molar-refractivity contribution in [1.82, 2.24) is 10.6 Å². The maximum absolute atomic E-state index is 11.4. The largest absolute Gasteiger partial charge is 1.00 e. The van der Waals surface area contributed by atoms with Gasteiger partial charge in [-0.15, -0.1) is 0 Å². The average molecular weight is 383 g/mol. The van der Waals surface area contributed by atoms with E-state index in [1.54, 1.807) is 24.3 Å². The standard InChI is InChI=1S/C18H20N2O6.Na/c21-13-7-3-1-5-11(13)15(17(23)24)19-9-10-20-16(18(25)26)12-6-2-4-8-14(12)22;/h1-8,15-16,19-22H,9-10H2,(H,23,24)(H,25,26);/q;+1. The molecule has 0 heterocycles. The summed E-state index contributed by atoms with van der Waals surface area (Å²) in [5.74, 6) is -2.61. The van der Waals surface area contributed by atoms with E-state index in [0.717, 1.165) is 0 Å². The van der Waals surface area contributed by atoms with E-state index in [0.29, 0.717) is 0 Å². The number of hydrogen-bond acceptors (Lipinski definition) is 6. The van der Waals surface area contributed by atoms with Gasteiger partial charge in [-0.2, -0.15) is 0 Å². The van der Waals surface area contributed by atoms with Gasteiger partial charge >= 0.3 is 41.5 Å². The molecular formula is C18H20N2NaO6+. The minimum Gasteiger partial charge on any atom is -0.508 e. The number of phenols is 2. The number of phenolic OH excluding ortho intramolecular Hbond substituents is 2. The summed E-state index contributed by atoms with van der Waals surface area (Å²) in [6.07, 6.45) is 0. The Labute approximate surface area is 178 Å². The molecule has 2 aromatic carbocycles. The van der Waals surface area contributed by atoms with Gasteiger partial charge in [-0.1, -0.05) is 36.4 Å². The number of hydrogen-bond donors (Lipinski definition) is 6. The first-order valence-electron chi connectivity index (χ1n) is 7.90. The summed E-state index contributed by atoms with van der Waals surface area (Å²) in [7, 11) is 0. The van der Waals surface area contributed by atoms with Gasteiger partial charge in [0.05, 0.1) is 0 Å². The Kier molecular flexibility index (Phi) is 9.27. The van der Waals surface area contributed by atoms with Gasteiger partial charge < -0.3 is 20.4 Å². The zero-order valence-electron chi connectivity index (χ0n) is 14.8. The Morgan fingerprint density at radius 1 is 0.741 bits per heavy atom. The molecule has 2 unspecified atom stereocenters. The number of para-hydroxylation sites is 2. The molecule has 27 heavy (non-hydrogen) atoms. The Hall–Kier alpha value is -2.10. The molecule has 2 rings (SSSR count). The molecular weight excluding hydrogens is 363 g/mol. The summed E-state index contributed by atoms with van der Waals surface area (Å²) in [4.78, 5) is 22.9. The topological polar surface area (TPSA) is 139 Å². The van der Waals surface area contributed by atoms with Crippen molar-refractivity contribution in [3.63, 3.8) is 0 Å². The summed E-state index contributed by atoms with van der Waals surface area (Å²) in [6.45, 7) is 0.255. The van der Waals surface area contributed by atoms with E-state index < -0.39 is 24.0 Å². The summed E-state index contributed by atoms with van der Waals surface area (Å²) >= 11 is 0. The molecule has 0 aliphatic carbocycles. The zero-order chi connectivity index (χ0) is 19.1. The van der Waals surface area contributed by atoms with Crippen molar-refractivity contribution in [2.75, 3.05) is 13.1 Å². The zero-order valence-corrected chi connectivity index (χ0v) is 16.8. The van der Waals surface area contributed by atoms with Crippen molar-refractivity contribution in [3.8, 4) is 11.5 Å². The van der Waals surface area contributed by atoms with E-state index in [1.807, 2.05) is 0 Å². The van der Waals surface area contributed by atoms with Crippen LogP contribution in [0.1, 0.15) is 23.2 Å². The SMILES string of the molecule is O=C(O)C(NCCNC(C(=O)O)c1ccccc1O)c1ccccc1O.[Na+]. The maximum Gasteiger partial charge on any atom is 1.00 e. The van der Waals surface area contributed by atoms with E-state index in [2.05, 4.69) is 10.6 Å². The summed E-state index contributed by atoms with van der Waals surface area (Å²) in [5.41, 5.74) is 0.436. The normalized spacial score (nSPS) is 12.6. The van der Waals surface area contributed by atoms with Crippen LogP contribution in [0.3, 0.4) is 0 Å². The number of aromatic hydroxyl groups is 2.